The highest BCUT2D eigenvalue weighted by Gasteiger charge is 2.27. The van der Waals surface area contributed by atoms with Crippen LogP contribution in [0.15, 0.2) is 33.6 Å². The number of benzene rings is 1. The van der Waals surface area contributed by atoms with Gasteiger partial charge >= 0.3 is 5.76 Å². The number of H-pyrrole nitrogens is 1. The van der Waals surface area contributed by atoms with Crippen LogP contribution in [0, 0.1) is 6.92 Å². The number of hydrogen-bond acceptors (Lipinski definition) is 4. The summed E-state index contributed by atoms with van der Waals surface area (Å²) in [6.45, 7) is 3.45. The summed E-state index contributed by atoms with van der Waals surface area (Å²) in [5.41, 5.74) is 3.95. The van der Waals surface area contributed by atoms with Crippen LogP contribution < -0.4 is 5.76 Å². The fourth-order valence-corrected chi connectivity index (χ4v) is 3.61. The number of likely N-dealkylation sites (tertiary alicyclic amines) is 1. The van der Waals surface area contributed by atoms with Gasteiger partial charge in [-0.1, -0.05) is 0 Å². The quantitative estimate of drug-likeness (QED) is 0.775. The molecule has 1 atom stereocenters. The molecule has 130 valence electrons. The van der Waals surface area contributed by atoms with Crippen molar-refractivity contribution < 1.29 is 9.21 Å². The van der Waals surface area contributed by atoms with Crippen molar-refractivity contribution >= 4 is 17.0 Å². The van der Waals surface area contributed by atoms with Crippen molar-refractivity contribution in [1.29, 1.82) is 0 Å². The Morgan fingerprint density at radius 1 is 1.40 bits per heavy atom. The van der Waals surface area contributed by atoms with Crippen LogP contribution in [0.5, 0.6) is 0 Å². The standard InChI is InChI=1S/C18H20N4O3/c1-11-9-19-20-16(11)13-4-3-7-22(10-13)17(23)12-5-6-15-14(8-12)21(2)18(24)25-15/h5-6,8-9,13H,3-4,7,10H2,1-2H3,(H,19,20). The van der Waals surface area contributed by atoms with Gasteiger partial charge in [-0.25, -0.2) is 4.79 Å². The minimum Gasteiger partial charge on any atom is -0.408 e. The third-order valence-corrected chi connectivity index (χ3v) is 5.02. The number of hydrogen-bond donors (Lipinski definition) is 1. The van der Waals surface area contributed by atoms with E-state index in [2.05, 4.69) is 10.2 Å². The molecular formula is C18H20N4O3. The predicted molar refractivity (Wildman–Crippen MR) is 92.7 cm³/mol. The zero-order chi connectivity index (χ0) is 17.6. The van der Waals surface area contributed by atoms with Crippen LogP contribution in [0.2, 0.25) is 0 Å². The van der Waals surface area contributed by atoms with Crippen LogP contribution >= 0.6 is 0 Å². The number of oxazole rings is 1. The van der Waals surface area contributed by atoms with Gasteiger partial charge in [-0.05, 0) is 43.5 Å². The second kappa shape index (κ2) is 5.91. The predicted octanol–water partition coefficient (Wildman–Crippen LogP) is 2.18. The number of aromatic nitrogens is 3. The summed E-state index contributed by atoms with van der Waals surface area (Å²) in [4.78, 5) is 26.4. The molecule has 1 amide bonds. The molecule has 25 heavy (non-hydrogen) atoms. The van der Waals surface area contributed by atoms with Gasteiger partial charge in [0.25, 0.3) is 5.91 Å². The molecule has 7 heteroatoms. The SMILES string of the molecule is Cc1cn[nH]c1C1CCCN(C(=O)c2ccc3oc(=O)n(C)c3c2)C1. The second-order valence-corrected chi connectivity index (χ2v) is 6.67. The maximum atomic E-state index is 12.9. The lowest BCUT2D eigenvalue weighted by Crippen LogP contribution is -2.39. The molecule has 0 aliphatic carbocycles. The fraction of sp³-hybridized carbons (Fsp3) is 0.389. The monoisotopic (exact) mass is 340 g/mol. The third kappa shape index (κ3) is 2.65. The number of carbonyl (C=O) groups is 1. The highest BCUT2D eigenvalue weighted by Crippen LogP contribution is 2.28. The lowest BCUT2D eigenvalue weighted by molar-refractivity contribution is 0.0706. The normalized spacial score (nSPS) is 18.0. The van der Waals surface area contributed by atoms with Gasteiger partial charge in [-0.15, -0.1) is 0 Å². The van der Waals surface area contributed by atoms with Crippen molar-refractivity contribution in [2.45, 2.75) is 25.7 Å². The van der Waals surface area contributed by atoms with E-state index >= 15 is 0 Å². The topological polar surface area (TPSA) is 84.1 Å². The van der Waals surface area contributed by atoms with Gasteiger partial charge in [0.2, 0.25) is 0 Å². The molecule has 2 aromatic heterocycles. The van der Waals surface area contributed by atoms with E-state index in [1.807, 2.05) is 18.0 Å². The molecule has 0 bridgehead atoms. The first-order valence-electron chi connectivity index (χ1n) is 8.43. The van der Waals surface area contributed by atoms with Crippen molar-refractivity contribution in [3.63, 3.8) is 0 Å². The Morgan fingerprint density at radius 2 is 2.24 bits per heavy atom. The Morgan fingerprint density at radius 3 is 3.00 bits per heavy atom. The molecule has 1 unspecified atom stereocenters. The molecular weight excluding hydrogens is 320 g/mol. The second-order valence-electron chi connectivity index (χ2n) is 6.67. The number of aromatic amines is 1. The minimum absolute atomic E-state index is 0.0163. The van der Waals surface area contributed by atoms with Crippen LogP contribution in [0.1, 0.15) is 40.4 Å². The van der Waals surface area contributed by atoms with E-state index in [1.54, 1.807) is 25.2 Å². The van der Waals surface area contributed by atoms with Gasteiger partial charge < -0.3 is 9.32 Å². The smallest absolute Gasteiger partial charge is 0.408 e. The zero-order valence-corrected chi connectivity index (χ0v) is 14.3. The summed E-state index contributed by atoms with van der Waals surface area (Å²) in [6, 6.07) is 5.14. The molecule has 0 saturated carbocycles. The summed E-state index contributed by atoms with van der Waals surface area (Å²) in [5, 5.41) is 7.17. The summed E-state index contributed by atoms with van der Waals surface area (Å²) in [5.74, 6) is -0.160. The van der Waals surface area contributed by atoms with Gasteiger partial charge in [-0.3, -0.25) is 14.5 Å². The Bertz CT molecular complexity index is 997. The number of aryl methyl sites for hydroxylation is 2. The molecule has 1 saturated heterocycles. The van der Waals surface area contributed by atoms with Gasteiger partial charge in [-0.2, -0.15) is 5.10 Å². The molecule has 0 spiro atoms. The van der Waals surface area contributed by atoms with Crippen molar-refractivity contribution in [2.75, 3.05) is 13.1 Å². The van der Waals surface area contributed by atoms with E-state index in [9.17, 15) is 9.59 Å². The Labute approximate surface area is 144 Å². The first-order chi connectivity index (χ1) is 12.0. The number of amides is 1. The van der Waals surface area contributed by atoms with Crippen LogP contribution in [-0.4, -0.2) is 38.7 Å². The molecule has 1 aromatic carbocycles. The average Bonchev–Trinajstić information content (AvgIpc) is 3.18. The summed E-state index contributed by atoms with van der Waals surface area (Å²) < 4.78 is 6.55. The molecule has 3 heterocycles. The maximum absolute atomic E-state index is 12.9. The van der Waals surface area contributed by atoms with E-state index in [0.29, 0.717) is 23.2 Å². The largest absolute Gasteiger partial charge is 0.419 e. The van der Waals surface area contributed by atoms with Gasteiger partial charge in [0.15, 0.2) is 5.58 Å². The number of carbonyl (C=O) groups excluding carboxylic acids is 1. The molecule has 1 fully saturated rings. The van der Waals surface area contributed by atoms with Crippen LogP contribution in [0.4, 0.5) is 0 Å². The van der Waals surface area contributed by atoms with Crippen molar-refractivity contribution in [2.24, 2.45) is 7.05 Å². The molecule has 3 aromatic rings. The number of nitrogens with zero attached hydrogens (tertiary/aromatic N) is 3. The molecule has 4 rings (SSSR count). The third-order valence-electron chi connectivity index (χ3n) is 5.02. The van der Waals surface area contributed by atoms with Gasteiger partial charge in [0.05, 0.1) is 11.7 Å². The van der Waals surface area contributed by atoms with Crippen LogP contribution in [0.25, 0.3) is 11.1 Å². The lowest BCUT2D eigenvalue weighted by atomic mass is 9.92. The molecule has 0 radical (unpaired) electrons. The lowest BCUT2D eigenvalue weighted by Gasteiger charge is -2.32. The zero-order valence-electron chi connectivity index (χ0n) is 14.3. The number of piperidine rings is 1. The van der Waals surface area contributed by atoms with Crippen molar-refractivity contribution in [1.82, 2.24) is 19.7 Å². The maximum Gasteiger partial charge on any atom is 0.419 e. The van der Waals surface area contributed by atoms with Crippen LogP contribution in [0.3, 0.4) is 0 Å². The van der Waals surface area contributed by atoms with E-state index in [0.717, 1.165) is 30.6 Å². The summed E-state index contributed by atoms with van der Waals surface area (Å²) in [7, 11) is 1.64. The van der Waals surface area contributed by atoms with Gasteiger partial charge in [0.1, 0.15) is 0 Å². The first kappa shape index (κ1) is 15.7. The Kier molecular flexibility index (Phi) is 3.71. The van der Waals surface area contributed by atoms with E-state index < -0.39 is 5.76 Å². The molecule has 1 N–H and O–H groups in total. The highest BCUT2D eigenvalue weighted by atomic mass is 16.4. The first-order valence-corrected chi connectivity index (χ1v) is 8.43. The summed E-state index contributed by atoms with van der Waals surface area (Å²) >= 11 is 0. The van der Waals surface area contributed by atoms with Gasteiger partial charge in [0, 0.05) is 37.3 Å². The van der Waals surface area contributed by atoms with Crippen LogP contribution in [-0.2, 0) is 7.05 Å². The minimum atomic E-state index is -0.424. The molecule has 1 aliphatic heterocycles. The molecule has 7 nitrogen and oxygen atoms in total. The highest BCUT2D eigenvalue weighted by molar-refractivity contribution is 5.97. The van der Waals surface area contributed by atoms with E-state index in [1.165, 1.54) is 4.57 Å². The molecule has 1 aliphatic rings. The Hall–Kier alpha value is -2.83. The van der Waals surface area contributed by atoms with Crippen molar-refractivity contribution in [3.8, 4) is 0 Å². The average molecular weight is 340 g/mol. The fourth-order valence-electron chi connectivity index (χ4n) is 3.61. The van der Waals surface area contributed by atoms with Crippen molar-refractivity contribution in [3.05, 3.63) is 51.8 Å². The number of fused-ring (bicyclic) bond motifs is 1. The van der Waals surface area contributed by atoms with E-state index in [4.69, 9.17) is 4.42 Å². The number of rotatable bonds is 2. The Balaban J connectivity index is 1.61. The number of nitrogens with one attached hydrogen (secondary N) is 1. The van der Waals surface area contributed by atoms with E-state index in [-0.39, 0.29) is 11.8 Å². The summed E-state index contributed by atoms with van der Waals surface area (Å²) in [6.07, 6.45) is 3.83.